The zero-order chi connectivity index (χ0) is 40.3. The monoisotopic (exact) mass is 766 g/mol. The van der Waals surface area contributed by atoms with Crippen molar-refractivity contribution in [2.45, 2.75) is 86.1 Å². The van der Waals surface area contributed by atoms with Crippen molar-refractivity contribution < 1.29 is 36.7 Å². The van der Waals surface area contributed by atoms with E-state index in [4.69, 9.17) is 9.57 Å². The average Bonchev–Trinajstić information content (AvgIpc) is 3.47. The molecule has 1 atom stereocenters. The molecule has 6 nitrogen and oxygen atoms in total. The number of alkyl halides is 4. The van der Waals surface area contributed by atoms with Crippen LogP contribution in [0, 0.1) is 26.7 Å². The number of oxime groups is 1. The van der Waals surface area contributed by atoms with Crippen molar-refractivity contribution >= 4 is 50.0 Å². The number of nitrogens with zero attached hydrogens (tertiary/aromatic N) is 2. The number of rotatable bonds is 15. The second kappa shape index (κ2) is 16.7. The maximum absolute atomic E-state index is 14.7. The Hall–Kier alpha value is -5.51. The van der Waals surface area contributed by atoms with E-state index in [9.17, 15) is 27.2 Å². The third kappa shape index (κ3) is 8.06. The molecule has 10 heteroatoms. The predicted octanol–water partition coefficient (Wildman–Crippen LogP) is 11.9. The molecule has 0 saturated heterocycles. The van der Waals surface area contributed by atoms with Crippen molar-refractivity contribution in [2.75, 3.05) is 6.61 Å². The molecule has 0 spiro atoms. The second-order valence-corrected chi connectivity index (χ2v) is 14.6. The van der Waals surface area contributed by atoms with Gasteiger partial charge in [0.25, 0.3) is 0 Å². The number of fused-ring (bicyclic) bond motifs is 5. The second-order valence-electron chi connectivity index (χ2n) is 14.6. The van der Waals surface area contributed by atoms with Crippen LogP contribution in [-0.2, 0) is 16.2 Å². The Bertz CT molecular complexity index is 2440. The fraction of sp³-hybridized carbons (Fsp3) is 0.326. The van der Waals surface area contributed by atoms with Gasteiger partial charge in [0.1, 0.15) is 11.5 Å². The molecule has 0 fully saturated rings. The fourth-order valence-corrected chi connectivity index (χ4v) is 7.73. The molecule has 5 aromatic carbocycles. The van der Waals surface area contributed by atoms with E-state index in [0.29, 0.717) is 22.6 Å². The van der Waals surface area contributed by atoms with Crippen LogP contribution in [0.25, 0.3) is 32.6 Å². The fourth-order valence-electron chi connectivity index (χ4n) is 7.73. The molecule has 1 heterocycles. The van der Waals surface area contributed by atoms with E-state index in [1.54, 1.807) is 12.1 Å². The molecule has 1 unspecified atom stereocenters. The van der Waals surface area contributed by atoms with Crippen LogP contribution < -0.4 is 4.74 Å². The molecule has 6 aromatic rings. The normalized spacial score (nSPS) is 12.9. The molecular weight excluding hydrogens is 721 g/mol. The summed E-state index contributed by atoms with van der Waals surface area (Å²) < 4.78 is 61.8. The van der Waals surface area contributed by atoms with Crippen molar-refractivity contribution in [1.82, 2.24) is 4.57 Å². The number of ether oxygens (including phenoxy) is 1. The molecule has 0 N–H and O–H groups in total. The van der Waals surface area contributed by atoms with E-state index in [-0.39, 0.29) is 22.8 Å². The SMILES string of the molecule is CCCCC(CC)Cn1c2ccc(/C(=N\OC(C)=O)c3ccccc3OCC(F)(F)C(F)F)cc2c2cc(C(=O)c3c(C)cc(C)cc3C)c3ccccc3c21. The molecular formula is C46H46F4N2O4. The minimum Gasteiger partial charge on any atom is -0.486 e. The molecule has 0 bridgehead atoms. The highest BCUT2D eigenvalue weighted by atomic mass is 19.3. The van der Waals surface area contributed by atoms with Crippen LogP contribution in [0.5, 0.6) is 5.75 Å². The van der Waals surface area contributed by atoms with Gasteiger partial charge in [-0.15, -0.1) is 0 Å². The Morgan fingerprint density at radius 3 is 2.16 bits per heavy atom. The van der Waals surface area contributed by atoms with E-state index in [0.717, 1.165) is 81.5 Å². The van der Waals surface area contributed by atoms with Crippen molar-refractivity contribution in [3.8, 4) is 5.75 Å². The van der Waals surface area contributed by atoms with Crippen LogP contribution in [0.1, 0.15) is 90.2 Å². The van der Waals surface area contributed by atoms with Gasteiger partial charge in [0.05, 0.1) is 5.52 Å². The number of hydrogen-bond acceptors (Lipinski definition) is 5. The quantitative estimate of drug-likeness (QED) is 0.0343. The number of para-hydroxylation sites is 1. The van der Waals surface area contributed by atoms with Gasteiger partial charge < -0.3 is 14.1 Å². The Balaban J connectivity index is 1.63. The molecule has 292 valence electrons. The van der Waals surface area contributed by atoms with E-state index in [2.05, 4.69) is 23.6 Å². The van der Waals surface area contributed by atoms with Crippen molar-refractivity contribution in [2.24, 2.45) is 11.1 Å². The first kappa shape index (κ1) is 40.2. The largest absolute Gasteiger partial charge is 0.486 e. The predicted molar refractivity (Wildman–Crippen MR) is 215 cm³/mol. The summed E-state index contributed by atoms with van der Waals surface area (Å²) in [5.41, 5.74) is 6.59. The van der Waals surface area contributed by atoms with Crippen LogP contribution in [0.4, 0.5) is 17.6 Å². The molecule has 0 saturated carbocycles. The van der Waals surface area contributed by atoms with Crippen LogP contribution in [-0.4, -0.2) is 41.0 Å². The summed E-state index contributed by atoms with van der Waals surface area (Å²) in [6.45, 7) is 10.6. The summed E-state index contributed by atoms with van der Waals surface area (Å²) in [6, 6.07) is 25.6. The minimum atomic E-state index is -4.40. The Morgan fingerprint density at radius 2 is 1.50 bits per heavy atom. The zero-order valence-corrected chi connectivity index (χ0v) is 32.5. The molecule has 0 aliphatic heterocycles. The van der Waals surface area contributed by atoms with Gasteiger partial charge in [-0.3, -0.25) is 4.79 Å². The standard InChI is InChI=1S/C46H46F4N2O4/c1-7-9-14-31(8-2)25-52-39-20-19-32(42(51-56-30(6)53)35-17-12-13-18-40(35)55-26-46(49,50)45(47)48)23-36(39)37-24-38(33-15-10-11-16-34(33)43(37)52)44(54)41-28(4)21-27(3)22-29(41)5/h10-13,15-24,31,45H,7-9,14,25-26H2,1-6H3/b51-42+. The lowest BCUT2D eigenvalue weighted by atomic mass is 9.89. The highest BCUT2D eigenvalue weighted by Gasteiger charge is 2.42. The van der Waals surface area contributed by atoms with Crippen molar-refractivity contribution in [1.29, 1.82) is 0 Å². The first-order valence-corrected chi connectivity index (χ1v) is 19.0. The first-order chi connectivity index (χ1) is 26.7. The highest BCUT2D eigenvalue weighted by molar-refractivity contribution is 6.27. The Kier molecular flexibility index (Phi) is 12.0. The number of hydrogen-bond donors (Lipinski definition) is 0. The molecule has 0 radical (unpaired) electrons. The number of carbonyl (C=O) groups is 2. The van der Waals surface area contributed by atoms with Gasteiger partial charge in [-0.1, -0.05) is 98.4 Å². The Labute approximate surface area is 324 Å². The van der Waals surface area contributed by atoms with Crippen molar-refractivity contribution in [3.05, 3.63) is 124 Å². The summed E-state index contributed by atoms with van der Waals surface area (Å²) in [5, 5.41) is 7.51. The summed E-state index contributed by atoms with van der Waals surface area (Å²) in [5.74, 6) is -4.99. The van der Waals surface area contributed by atoms with E-state index < -0.39 is 24.9 Å². The highest BCUT2D eigenvalue weighted by Crippen LogP contribution is 2.40. The minimum absolute atomic E-state index is 0.0661. The summed E-state index contributed by atoms with van der Waals surface area (Å²) in [6.07, 6.45) is 0.266. The number of halogens is 4. The van der Waals surface area contributed by atoms with Gasteiger partial charge in [0.15, 0.2) is 12.4 Å². The van der Waals surface area contributed by atoms with E-state index in [1.165, 1.54) is 25.1 Å². The lowest BCUT2D eigenvalue weighted by Gasteiger charge is -2.19. The number of aromatic nitrogens is 1. The maximum atomic E-state index is 14.7. The smallest absolute Gasteiger partial charge is 0.340 e. The van der Waals surface area contributed by atoms with Crippen LogP contribution >= 0.6 is 0 Å². The lowest BCUT2D eigenvalue weighted by molar-refractivity contribution is -0.148. The maximum Gasteiger partial charge on any atom is 0.340 e. The molecule has 6 rings (SSSR count). The number of benzene rings is 5. The summed E-state index contributed by atoms with van der Waals surface area (Å²) in [4.78, 5) is 31.9. The van der Waals surface area contributed by atoms with Gasteiger partial charge in [0, 0.05) is 57.4 Å². The van der Waals surface area contributed by atoms with Gasteiger partial charge in [-0.25, -0.2) is 13.6 Å². The van der Waals surface area contributed by atoms with E-state index >= 15 is 0 Å². The van der Waals surface area contributed by atoms with Gasteiger partial charge in [0.2, 0.25) is 0 Å². The molecule has 0 aliphatic rings. The Morgan fingerprint density at radius 1 is 0.821 bits per heavy atom. The van der Waals surface area contributed by atoms with Crippen LogP contribution in [0.2, 0.25) is 0 Å². The van der Waals surface area contributed by atoms with Gasteiger partial charge in [-0.2, -0.15) is 8.78 Å². The lowest BCUT2D eigenvalue weighted by Crippen LogP contribution is -2.34. The zero-order valence-electron chi connectivity index (χ0n) is 32.5. The number of ketones is 1. The number of aryl methyl sites for hydroxylation is 3. The summed E-state index contributed by atoms with van der Waals surface area (Å²) >= 11 is 0. The molecule has 1 aromatic heterocycles. The number of unbranched alkanes of at least 4 members (excludes halogenated alkanes) is 1. The van der Waals surface area contributed by atoms with Gasteiger partial charge in [-0.05, 0) is 80.0 Å². The van der Waals surface area contributed by atoms with E-state index in [1.807, 2.05) is 75.4 Å². The van der Waals surface area contributed by atoms with Crippen LogP contribution in [0.3, 0.4) is 0 Å². The first-order valence-electron chi connectivity index (χ1n) is 19.0. The third-order valence-electron chi connectivity index (χ3n) is 10.4. The topological polar surface area (TPSA) is 69.9 Å². The number of carbonyl (C=O) groups excluding carboxylic acids is 2. The van der Waals surface area contributed by atoms with Crippen molar-refractivity contribution in [3.63, 3.8) is 0 Å². The molecule has 56 heavy (non-hydrogen) atoms. The van der Waals surface area contributed by atoms with Gasteiger partial charge >= 0.3 is 18.3 Å². The molecule has 0 aliphatic carbocycles. The summed E-state index contributed by atoms with van der Waals surface area (Å²) in [7, 11) is 0. The third-order valence-corrected chi connectivity index (χ3v) is 10.4. The average molecular weight is 767 g/mol. The molecule has 0 amide bonds. The van der Waals surface area contributed by atoms with Crippen LogP contribution in [0.15, 0.2) is 90.1 Å².